The molecule has 0 spiro atoms. The van der Waals surface area contributed by atoms with Crippen molar-refractivity contribution < 1.29 is 4.39 Å². The summed E-state index contributed by atoms with van der Waals surface area (Å²) in [5.74, 6) is -0.326. The van der Waals surface area contributed by atoms with Crippen LogP contribution in [0.2, 0.25) is 5.02 Å². The number of rotatable bonds is 2. The Hall–Kier alpha value is -1.13. The van der Waals surface area contributed by atoms with Crippen LogP contribution in [0.5, 0.6) is 0 Å². The van der Waals surface area contributed by atoms with E-state index in [1.807, 2.05) is 0 Å². The number of nitrogens with zero attached hydrogens (tertiary/aromatic N) is 1. The van der Waals surface area contributed by atoms with Crippen LogP contribution in [0.4, 0.5) is 9.52 Å². The number of hydrogen-bond donors (Lipinski definition) is 1. The molecule has 5 heteroatoms. The fourth-order valence-corrected chi connectivity index (χ4v) is 2.20. The SMILES string of the molecule is Nc1ncc(Cc2ccc(F)cc2Cl)s1. The third kappa shape index (κ3) is 2.46. The zero-order valence-electron chi connectivity index (χ0n) is 7.71. The molecule has 2 aromatic rings. The van der Waals surface area contributed by atoms with Gasteiger partial charge < -0.3 is 5.73 Å². The molecule has 1 aromatic heterocycles. The Kier molecular flexibility index (Phi) is 2.88. The highest BCUT2D eigenvalue weighted by atomic mass is 35.5. The lowest BCUT2D eigenvalue weighted by atomic mass is 10.1. The van der Waals surface area contributed by atoms with Gasteiger partial charge in [0.15, 0.2) is 5.13 Å². The molecule has 78 valence electrons. The van der Waals surface area contributed by atoms with Crippen molar-refractivity contribution in [2.45, 2.75) is 6.42 Å². The van der Waals surface area contributed by atoms with E-state index in [1.54, 1.807) is 12.3 Å². The van der Waals surface area contributed by atoms with Crippen LogP contribution in [0.25, 0.3) is 0 Å². The number of anilines is 1. The first kappa shape index (κ1) is 10.4. The van der Waals surface area contributed by atoms with Gasteiger partial charge in [-0.3, -0.25) is 0 Å². The van der Waals surface area contributed by atoms with Gasteiger partial charge >= 0.3 is 0 Å². The Bertz CT molecular complexity index is 484. The van der Waals surface area contributed by atoms with Crippen molar-refractivity contribution in [3.05, 3.63) is 45.7 Å². The predicted octanol–water partition coefficient (Wildman–Crippen LogP) is 3.11. The van der Waals surface area contributed by atoms with E-state index in [1.165, 1.54) is 23.5 Å². The van der Waals surface area contributed by atoms with Crippen molar-refractivity contribution in [2.75, 3.05) is 5.73 Å². The largest absolute Gasteiger partial charge is 0.375 e. The van der Waals surface area contributed by atoms with Gasteiger partial charge in [0.25, 0.3) is 0 Å². The molecule has 0 unspecified atom stereocenters. The summed E-state index contributed by atoms with van der Waals surface area (Å²) in [4.78, 5) is 4.95. The first-order valence-corrected chi connectivity index (χ1v) is 5.48. The molecule has 0 fully saturated rings. The molecule has 1 aromatic carbocycles. The van der Waals surface area contributed by atoms with Gasteiger partial charge in [-0.05, 0) is 17.7 Å². The van der Waals surface area contributed by atoms with Crippen molar-refractivity contribution >= 4 is 28.1 Å². The van der Waals surface area contributed by atoms with Gasteiger partial charge in [-0.1, -0.05) is 17.7 Å². The van der Waals surface area contributed by atoms with Gasteiger partial charge in [0, 0.05) is 22.5 Å². The number of benzene rings is 1. The van der Waals surface area contributed by atoms with E-state index in [4.69, 9.17) is 17.3 Å². The van der Waals surface area contributed by atoms with Crippen LogP contribution in [0.1, 0.15) is 10.4 Å². The van der Waals surface area contributed by atoms with Crippen LogP contribution in [-0.2, 0) is 6.42 Å². The molecular formula is C10H8ClFN2S. The van der Waals surface area contributed by atoms with E-state index in [9.17, 15) is 4.39 Å². The number of aromatic nitrogens is 1. The minimum absolute atomic E-state index is 0.326. The molecule has 0 saturated carbocycles. The van der Waals surface area contributed by atoms with Gasteiger partial charge in [-0.25, -0.2) is 9.37 Å². The van der Waals surface area contributed by atoms with Crippen molar-refractivity contribution in [3.8, 4) is 0 Å². The maximum Gasteiger partial charge on any atom is 0.180 e. The number of nitrogens with two attached hydrogens (primary N) is 1. The van der Waals surface area contributed by atoms with Gasteiger partial charge in [-0.15, -0.1) is 11.3 Å². The summed E-state index contributed by atoms with van der Waals surface area (Å²) in [6, 6.07) is 4.38. The highest BCUT2D eigenvalue weighted by molar-refractivity contribution is 7.15. The van der Waals surface area contributed by atoms with Crippen molar-refractivity contribution in [1.29, 1.82) is 0 Å². The number of halogens is 2. The summed E-state index contributed by atoms with van der Waals surface area (Å²) in [6.45, 7) is 0. The van der Waals surface area contributed by atoms with Gasteiger partial charge in [0.05, 0.1) is 0 Å². The van der Waals surface area contributed by atoms with Crippen LogP contribution >= 0.6 is 22.9 Å². The topological polar surface area (TPSA) is 38.9 Å². The standard InChI is InChI=1S/C10H8ClFN2S/c11-9-4-7(12)2-1-6(9)3-8-5-14-10(13)15-8/h1-2,4-5H,3H2,(H2,13,14). The molecule has 2 N–H and O–H groups in total. The average molecular weight is 243 g/mol. The Morgan fingerprint density at radius 1 is 1.47 bits per heavy atom. The van der Waals surface area contributed by atoms with E-state index in [-0.39, 0.29) is 5.82 Å². The molecule has 2 nitrogen and oxygen atoms in total. The average Bonchev–Trinajstić information content (AvgIpc) is 2.56. The summed E-state index contributed by atoms with van der Waals surface area (Å²) in [5.41, 5.74) is 6.39. The second-order valence-electron chi connectivity index (χ2n) is 3.08. The van der Waals surface area contributed by atoms with E-state index in [0.29, 0.717) is 16.6 Å². The number of nitrogen functional groups attached to an aromatic ring is 1. The minimum Gasteiger partial charge on any atom is -0.375 e. The lowest BCUT2D eigenvalue weighted by molar-refractivity contribution is 0.627. The van der Waals surface area contributed by atoms with Crippen LogP contribution < -0.4 is 5.73 Å². The molecule has 0 aliphatic heterocycles. The van der Waals surface area contributed by atoms with Gasteiger partial charge in [0.2, 0.25) is 0 Å². The lowest BCUT2D eigenvalue weighted by Crippen LogP contribution is -1.87. The van der Waals surface area contributed by atoms with Gasteiger partial charge in [0.1, 0.15) is 5.82 Å². The van der Waals surface area contributed by atoms with E-state index >= 15 is 0 Å². The summed E-state index contributed by atoms with van der Waals surface area (Å²) >= 11 is 7.31. The zero-order chi connectivity index (χ0) is 10.8. The van der Waals surface area contributed by atoms with Crippen molar-refractivity contribution in [1.82, 2.24) is 4.98 Å². The first-order valence-electron chi connectivity index (χ1n) is 4.29. The highest BCUT2D eigenvalue weighted by Gasteiger charge is 2.05. The quantitative estimate of drug-likeness (QED) is 0.879. The molecule has 1 heterocycles. The molecule has 0 bridgehead atoms. The molecule has 0 saturated heterocycles. The fourth-order valence-electron chi connectivity index (χ4n) is 1.26. The normalized spacial score (nSPS) is 10.5. The van der Waals surface area contributed by atoms with Gasteiger partial charge in [-0.2, -0.15) is 0 Å². The Morgan fingerprint density at radius 3 is 2.87 bits per heavy atom. The zero-order valence-corrected chi connectivity index (χ0v) is 9.28. The second kappa shape index (κ2) is 4.16. The minimum atomic E-state index is -0.326. The molecule has 0 aliphatic rings. The van der Waals surface area contributed by atoms with Crippen LogP contribution in [-0.4, -0.2) is 4.98 Å². The maximum absolute atomic E-state index is 12.8. The lowest BCUT2D eigenvalue weighted by Gasteiger charge is -2.01. The summed E-state index contributed by atoms with van der Waals surface area (Å²) in [7, 11) is 0. The monoisotopic (exact) mass is 242 g/mol. The second-order valence-corrected chi connectivity index (χ2v) is 4.63. The molecular weight excluding hydrogens is 235 g/mol. The van der Waals surface area contributed by atoms with Crippen LogP contribution in [0.15, 0.2) is 24.4 Å². The third-order valence-electron chi connectivity index (χ3n) is 1.95. The molecule has 0 aliphatic carbocycles. The van der Waals surface area contributed by atoms with E-state index in [0.717, 1.165) is 10.4 Å². The third-order valence-corrected chi connectivity index (χ3v) is 3.13. The molecule has 15 heavy (non-hydrogen) atoms. The molecule has 0 amide bonds. The molecule has 2 rings (SSSR count). The van der Waals surface area contributed by atoms with Crippen LogP contribution in [0.3, 0.4) is 0 Å². The number of hydrogen-bond acceptors (Lipinski definition) is 3. The Morgan fingerprint density at radius 2 is 2.27 bits per heavy atom. The van der Waals surface area contributed by atoms with Crippen molar-refractivity contribution in [3.63, 3.8) is 0 Å². The van der Waals surface area contributed by atoms with E-state index < -0.39 is 0 Å². The molecule has 0 atom stereocenters. The summed E-state index contributed by atoms with van der Waals surface area (Å²) in [5, 5.41) is 0.963. The molecule has 0 radical (unpaired) electrons. The van der Waals surface area contributed by atoms with Crippen LogP contribution in [0, 0.1) is 5.82 Å². The summed E-state index contributed by atoms with van der Waals surface area (Å²) < 4.78 is 12.8. The Balaban J connectivity index is 2.24. The fraction of sp³-hybridized carbons (Fsp3) is 0.100. The number of thiazole rings is 1. The maximum atomic E-state index is 12.8. The Labute approximate surface area is 95.5 Å². The predicted molar refractivity (Wildman–Crippen MR) is 60.7 cm³/mol. The summed E-state index contributed by atoms with van der Waals surface area (Å²) in [6.07, 6.45) is 2.34. The first-order chi connectivity index (χ1) is 7.15. The smallest absolute Gasteiger partial charge is 0.180 e. The van der Waals surface area contributed by atoms with E-state index in [2.05, 4.69) is 4.98 Å². The highest BCUT2D eigenvalue weighted by Crippen LogP contribution is 2.23. The van der Waals surface area contributed by atoms with Crippen molar-refractivity contribution in [2.24, 2.45) is 0 Å².